The largest absolute Gasteiger partial charge is 0.494 e. The van der Waals surface area contributed by atoms with Crippen molar-refractivity contribution in [2.45, 2.75) is 44.9 Å². The summed E-state index contributed by atoms with van der Waals surface area (Å²) in [6.07, 6.45) is 6.77. The van der Waals surface area contributed by atoms with Gasteiger partial charge in [-0.25, -0.2) is 0 Å². The highest BCUT2D eigenvalue weighted by Gasteiger charge is 1.99. The predicted octanol–water partition coefficient (Wildman–Crippen LogP) is 4.48. The molecule has 2 aromatic carbocycles. The summed E-state index contributed by atoms with van der Waals surface area (Å²) in [7, 11) is 0. The summed E-state index contributed by atoms with van der Waals surface area (Å²) >= 11 is 0. The molecule has 0 amide bonds. The fraction of sp³-hybridized carbons (Fsp3) is 0.435. The summed E-state index contributed by atoms with van der Waals surface area (Å²) in [5.41, 5.74) is 2.69. The number of rotatable bonds is 14. The lowest BCUT2D eigenvalue weighted by atomic mass is 10.1. The Morgan fingerprint density at radius 2 is 1.52 bits per heavy atom. The van der Waals surface area contributed by atoms with Gasteiger partial charge in [0, 0.05) is 6.54 Å². The van der Waals surface area contributed by atoms with Crippen LogP contribution in [0.15, 0.2) is 54.6 Å². The molecule has 4 heteroatoms. The Labute approximate surface area is 162 Å². The lowest BCUT2D eigenvalue weighted by Gasteiger charge is -2.08. The zero-order valence-electron chi connectivity index (χ0n) is 16.0. The van der Waals surface area contributed by atoms with Gasteiger partial charge in [0.2, 0.25) is 0 Å². The number of hydrogen-bond acceptors (Lipinski definition) is 3. The molecule has 0 radical (unpaired) electrons. The van der Waals surface area contributed by atoms with Gasteiger partial charge in [0.25, 0.3) is 0 Å². The van der Waals surface area contributed by atoms with Crippen LogP contribution in [-0.4, -0.2) is 30.8 Å². The summed E-state index contributed by atoms with van der Waals surface area (Å²) in [5, 5.41) is 11.7. The van der Waals surface area contributed by atoms with Gasteiger partial charge in [-0.3, -0.25) is 4.79 Å². The van der Waals surface area contributed by atoms with E-state index < -0.39 is 5.97 Å². The van der Waals surface area contributed by atoms with Crippen LogP contribution in [0.2, 0.25) is 0 Å². The third-order valence-electron chi connectivity index (χ3n) is 4.48. The maximum atomic E-state index is 10.4. The second kappa shape index (κ2) is 12.9. The number of aryl methyl sites for hydroxylation is 2. The molecule has 0 aliphatic carbocycles. The van der Waals surface area contributed by atoms with Crippen molar-refractivity contribution < 1.29 is 14.6 Å². The number of benzene rings is 2. The fourth-order valence-electron chi connectivity index (χ4n) is 2.93. The minimum atomic E-state index is -0.755. The van der Waals surface area contributed by atoms with Gasteiger partial charge in [0.15, 0.2) is 0 Å². The Bertz CT molecular complexity index is 640. The molecular weight excluding hydrogens is 338 g/mol. The second-order valence-corrected chi connectivity index (χ2v) is 6.79. The smallest absolute Gasteiger partial charge is 0.304 e. The SMILES string of the molecule is O=C(O)CCNCCCc1ccc(OCCCCCc2ccccc2)cc1. The fourth-order valence-corrected chi connectivity index (χ4v) is 2.93. The third kappa shape index (κ3) is 9.80. The first-order chi connectivity index (χ1) is 13.2. The molecule has 4 nitrogen and oxygen atoms in total. The summed E-state index contributed by atoms with van der Waals surface area (Å²) in [6, 6.07) is 18.9. The van der Waals surface area contributed by atoms with Crippen molar-refractivity contribution in [1.29, 1.82) is 0 Å². The van der Waals surface area contributed by atoms with E-state index in [1.165, 1.54) is 24.0 Å². The van der Waals surface area contributed by atoms with Crippen LogP contribution in [0.4, 0.5) is 0 Å². The third-order valence-corrected chi connectivity index (χ3v) is 4.48. The van der Waals surface area contributed by atoms with Gasteiger partial charge in [0.1, 0.15) is 5.75 Å². The molecule has 0 saturated heterocycles. The molecule has 0 aliphatic rings. The first-order valence-corrected chi connectivity index (χ1v) is 9.92. The van der Waals surface area contributed by atoms with Crippen molar-refractivity contribution in [3.05, 3.63) is 65.7 Å². The molecule has 0 spiro atoms. The van der Waals surface area contributed by atoms with Crippen molar-refractivity contribution >= 4 is 5.97 Å². The topological polar surface area (TPSA) is 58.6 Å². The van der Waals surface area contributed by atoms with Gasteiger partial charge in [0.05, 0.1) is 13.0 Å². The molecule has 27 heavy (non-hydrogen) atoms. The first-order valence-electron chi connectivity index (χ1n) is 9.92. The minimum absolute atomic E-state index is 0.179. The van der Waals surface area contributed by atoms with Crippen molar-refractivity contribution in [2.75, 3.05) is 19.7 Å². The molecule has 2 rings (SSSR count). The van der Waals surface area contributed by atoms with E-state index in [-0.39, 0.29) is 6.42 Å². The highest BCUT2D eigenvalue weighted by Crippen LogP contribution is 2.14. The standard InChI is InChI=1S/C23H31NO3/c25-23(26)16-18-24-17-7-11-21-12-14-22(15-13-21)27-19-6-2-5-10-20-8-3-1-4-9-20/h1,3-4,8-9,12-15,24H,2,5-7,10-11,16-19H2,(H,25,26). The predicted molar refractivity (Wildman–Crippen MR) is 109 cm³/mol. The molecule has 0 fully saturated rings. The van der Waals surface area contributed by atoms with Gasteiger partial charge >= 0.3 is 5.97 Å². The van der Waals surface area contributed by atoms with Gasteiger partial charge in [-0.2, -0.15) is 0 Å². The number of carboxylic acids is 1. The average molecular weight is 370 g/mol. The van der Waals surface area contributed by atoms with Crippen LogP contribution < -0.4 is 10.1 Å². The molecule has 0 atom stereocenters. The van der Waals surface area contributed by atoms with E-state index in [1.54, 1.807) is 0 Å². The molecule has 0 bridgehead atoms. The number of aliphatic carboxylic acids is 1. The normalized spacial score (nSPS) is 10.7. The molecule has 0 unspecified atom stereocenters. The number of nitrogens with one attached hydrogen (secondary N) is 1. The van der Waals surface area contributed by atoms with Gasteiger partial charge < -0.3 is 15.2 Å². The molecule has 0 aromatic heterocycles. The molecule has 0 aliphatic heterocycles. The van der Waals surface area contributed by atoms with Crippen LogP contribution in [0.25, 0.3) is 0 Å². The zero-order valence-corrected chi connectivity index (χ0v) is 16.0. The zero-order chi connectivity index (χ0) is 19.2. The highest BCUT2D eigenvalue weighted by atomic mass is 16.5. The van der Waals surface area contributed by atoms with E-state index in [1.807, 2.05) is 12.1 Å². The van der Waals surface area contributed by atoms with Gasteiger partial charge in [-0.1, -0.05) is 42.5 Å². The van der Waals surface area contributed by atoms with Crippen molar-refractivity contribution in [2.24, 2.45) is 0 Å². The Morgan fingerprint density at radius 1 is 0.815 bits per heavy atom. The molecule has 0 heterocycles. The molecule has 146 valence electrons. The van der Waals surface area contributed by atoms with Gasteiger partial charge in [-0.15, -0.1) is 0 Å². The van der Waals surface area contributed by atoms with Crippen LogP contribution in [-0.2, 0) is 17.6 Å². The van der Waals surface area contributed by atoms with Crippen LogP contribution in [0.3, 0.4) is 0 Å². The van der Waals surface area contributed by atoms with Crippen LogP contribution >= 0.6 is 0 Å². The van der Waals surface area contributed by atoms with E-state index in [0.29, 0.717) is 6.54 Å². The molecule has 2 N–H and O–H groups in total. The maximum absolute atomic E-state index is 10.4. The number of unbranched alkanes of at least 4 members (excludes halogenated alkanes) is 2. The summed E-state index contributed by atoms with van der Waals surface area (Å²) < 4.78 is 5.83. The monoisotopic (exact) mass is 369 g/mol. The van der Waals surface area contributed by atoms with Crippen molar-refractivity contribution in [3.63, 3.8) is 0 Å². The average Bonchev–Trinajstić information content (AvgIpc) is 2.69. The highest BCUT2D eigenvalue weighted by molar-refractivity contribution is 5.66. The minimum Gasteiger partial charge on any atom is -0.494 e. The Balaban J connectivity index is 1.50. The van der Waals surface area contributed by atoms with Crippen LogP contribution in [0.1, 0.15) is 43.2 Å². The molecule has 2 aromatic rings. The van der Waals surface area contributed by atoms with Crippen molar-refractivity contribution in [3.8, 4) is 5.75 Å². The summed E-state index contributed by atoms with van der Waals surface area (Å²) in [6.45, 7) is 2.14. The number of hydrogen-bond donors (Lipinski definition) is 2. The number of carboxylic acid groups (broad SMARTS) is 1. The van der Waals surface area contributed by atoms with Crippen LogP contribution in [0.5, 0.6) is 5.75 Å². The Kier molecular flexibility index (Phi) is 10.0. The lowest BCUT2D eigenvalue weighted by molar-refractivity contribution is -0.136. The first kappa shape index (κ1) is 21.0. The van der Waals surface area contributed by atoms with E-state index in [9.17, 15) is 4.79 Å². The second-order valence-electron chi connectivity index (χ2n) is 6.79. The summed E-state index contributed by atoms with van der Waals surface area (Å²) in [4.78, 5) is 10.4. The van der Waals surface area contributed by atoms with Crippen LogP contribution in [0, 0.1) is 0 Å². The Hall–Kier alpha value is -2.33. The van der Waals surface area contributed by atoms with Gasteiger partial charge in [-0.05, 0) is 68.3 Å². The number of carbonyl (C=O) groups is 1. The van der Waals surface area contributed by atoms with E-state index in [2.05, 4.69) is 47.8 Å². The number of ether oxygens (including phenoxy) is 1. The van der Waals surface area contributed by atoms with E-state index in [0.717, 1.165) is 44.6 Å². The van der Waals surface area contributed by atoms with E-state index in [4.69, 9.17) is 9.84 Å². The maximum Gasteiger partial charge on any atom is 0.304 e. The summed E-state index contributed by atoms with van der Waals surface area (Å²) in [5.74, 6) is 0.177. The van der Waals surface area contributed by atoms with E-state index >= 15 is 0 Å². The van der Waals surface area contributed by atoms with Crippen molar-refractivity contribution in [1.82, 2.24) is 5.32 Å². The molecular formula is C23H31NO3. The Morgan fingerprint density at radius 3 is 2.26 bits per heavy atom. The lowest BCUT2D eigenvalue weighted by Crippen LogP contribution is -2.19. The molecule has 0 saturated carbocycles. The quantitative estimate of drug-likeness (QED) is 0.482.